The van der Waals surface area contributed by atoms with Gasteiger partial charge in [-0.25, -0.2) is 9.37 Å². The number of primary amides is 1. The van der Waals surface area contributed by atoms with Crippen LogP contribution in [0.15, 0.2) is 49.1 Å². The van der Waals surface area contributed by atoms with Crippen LogP contribution in [0.4, 0.5) is 27.4 Å². The number of rotatable bonds is 7. The van der Waals surface area contributed by atoms with Crippen molar-refractivity contribution in [2.75, 3.05) is 16.0 Å². The van der Waals surface area contributed by atoms with Crippen molar-refractivity contribution in [3.05, 3.63) is 66.0 Å². The fourth-order valence-electron chi connectivity index (χ4n) is 3.80. The predicted molar refractivity (Wildman–Crippen MR) is 126 cm³/mol. The number of nitrogens with zero attached hydrogens (tertiary/aromatic N) is 3. The summed E-state index contributed by atoms with van der Waals surface area (Å²) in [6.45, 7) is 0. The van der Waals surface area contributed by atoms with E-state index in [-0.39, 0.29) is 35.2 Å². The van der Waals surface area contributed by atoms with Gasteiger partial charge in [0.1, 0.15) is 5.82 Å². The van der Waals surface area contributed by atoms with Gasteiger partial charge in [0.25, 0.3) is 11.8 Å². The van der Waals surface area contributed by atoms with E-state index in [4.69, 9.17) is 11.5 Å². The molecule has 0 aliphatic heterocycles. The van der Waals surface area contributed by atoms with Crippen LogP contribution in [0.2, 0.25) is 0 Å². The number of halogens is 1. The first-order chi connectivity index (χ1) is 16.4. The molecule has 1 fully saturated rings. The number of nitrogens with two attached hydrogens (primary N) is 2. The summed E-state index contributed by atoms with van der Waals surface area (Å²) in [4.78, 5) is 36.6. The van der Waals surface area contributed by atoms with Gasteiger partial charge in [-0.1, -0.05) is 12.8 Å². The highest BCUT2D eigenvalue weighted by Crippen LogP contribution is 2.27. The SMILES string of the molecule is NC(=O)c1cc(F)c(N[C@@H]2CCCC[C@@H]2N)nc1Nc1cncc(NC(=O)c2cccnc2)c1. The van der Waals surface area contributed by atoms with E-state index < -0.39 is 11.7 Å². The van der Waals surface area contributed by atoms with Gasteiger partial charge in [0, 0.05) is 24.5 Å². The van der Waals surface area contributed by atoms with Gasteiger partial charge in [0.2, 0.25) is 0 Å². The summed E-state index contributed by atoms with van der Waals surface area (Å²) in [5.74, 6) is -1.88. The molecule has 0 unspecified atom stereocenters. The van der Waals surface area contributed by atoms with Crippen LogP contribution in [0.3, 0.4) is 0 Å². The molecule has 1 saturated carbocycles. The molecule has 176 valence electrons. The van der Waals surface area contributed by atoms with Gasteiger partial charge in [0.15, 0.2) is 11.6 Å². The molecule has 0 bridgehead atoms. The van der Waals surface area contributed by atoms with Gasteiger partial charge in [-0.3, -0.25) is 19.6 Å². The molecule has 2 amide bonds. The molecule has 0 aromatic carbocycles. The number of hydrogen-bond acceptors (Lipinski definition) is 8. The summed E-state index contributed by atoms with van der Waals surface area (Å²) in [7, 11) is 0. The van der Waals surface area contributed by atoms with E-state index in [1.165, 1.54) is 18.6 Å². The lowest BCUT2D eigenvalue weighted by atomic mass is 9.91. The highest BCUT2D eigenvalue weighted by molar-refractivity contribution is 6.04. The minimum atomic E-state index is -0.844. The van der Waals surface area contributed by atoms with Crippen LogP contribution in [0.25, 0.3) is 0 Å². The number of carbonyl (C=O) groups excluding carboxylic acids is 2. The lowest BCUT2D eigenvalue weighted by Crippen LogP contribution is -2.43. The van der Waals surface area contributed by atoms with Crippen molar-refractivity contribution in [1.82, 2.24) is 15.0 Å². The maximum absolute atomic E-state index is 14.7. The number of carbonyl (C=O) groups is 2. The normalized spacial score (nSPS) is 17.6. The molecule has 1 aliphatic rings. The van der Waals surface area contributed by atoms with Gasteiger partial charge in [-0.2, -0.15) is 0 Å². The molecule has 3 aromatic rings. The van der Waals surface area contributed by atoms with E-state index in [2.05, 4.69) is 30.9 Å². The largest absolute Gasteiger partial charge is 0.365 e. The molecule has 3 heterocycles. The van der Waals surface area contributed by atoms with Crippen molar-refractivity contribution in [3.8, 4) is 0 Å². The fourth-order valence-corrected chi connectivity index (χ4v) is 3.80. The van der Waals surface area contributed by atoms with Crippen molar-refractivity contribution >= 4 is 34.8 Å². The molecular formula is C23H25FN8O2. The van der Waals surface area contributed by atoms with Gasteiger partial charge < -0.3 is 27.4 Å². The Morgan fingerprint density at radius 1 is 1.03 bits per heavy atom. The third-order valence-corrected chi connectivity index (χ3v) is 5.57. The van der Waals surface area contributed by atoms with E-state index in [0.717, 1.165) is 31.7 Å². The molecule has 34 heavy (non-hydrogen) atoms. The Morgan fingerprint density at radius 3 is 2.56 bits per heavy atom. The summed E-state index contributed by atoms with van der Waals surface area (Å²) in [6, 6.07) is 5.67. The van der Waals surface area contributed by atoms with E-state index in [1.807, 2.05) is 0 Å². The molecular weight excluding hydrogens is 439 g/mol. The smallest absolute Gasteiger partial charge is 0.257 e. The van der Waals surface area contributed by atoms with Gasteiger partial charge in [-0.05, 0) is 37.1 Å². The van der Waals surface area contributed by atoms with Crippen LogP contribution in [0.1, 0.15) is 46.4 Å². The highest BCUT2D eigenvalue weighted by atomic mass is 19.1. The maximum Gasteiger partial charge on any atom is 0.257 e. The Labute approximate surface area is 195 Å². The number of aromatic nitrogens is 3. The van der Waals surface area contributed by atoms with Crippen molar-refractivity contribution in [2.45, 2.75) is 37.8 Å². The molecule has 0 radical (unpaired) electrons. The van der Waals surface area contributed by atoms with Crippen molar-refractivity contribution < 1.29 is 14.0 Å². The van der Waals surface area contributed by atoms with E-state index in [0.29, 0.717) is 16.9 Å². The maximum atomic E-state index is 14.7. The third kappa shape index (κ3) is 5.44. The second-order valence-electron chi connectivity index (χ2n) is 8.06. The molecule has 7 N–H and O–H groups in total. The first-order valence-electron chi connectivity index (χ1n) is 10.9. The standard InChI is InChI=1S/C23H25FN8O2/c24-17-9-16(20(26)33)21(32-22(17)31-19-6-2-1-5-18(19)25)29-14-8-15(12-28-11-14)30-23(34)13-4-3-7-27-10-13/h3-4,7-12,18-19H,1-2,5-6,25H2,(H2,26,33)(H,30,34)(H2,29,31,32)/t18-,19+/m0/s1. The Morgan fingerprint density at radius 2 is 1.82 bits per heavy atom. The van der Waals surface area contributed by atoms with Crippen LogP contribution in [-0.2, 0) is 0 Å². The average Bonchev–Trinajstić information content (AvgIpc) is 2.83. The summed E-state index contributed by atoms with van der Waals surface area (Å²) in [5, 5.41) is 8.73. The zero-order valence-corrected chi connectivity index (χ0v) is 18.3. The minimum absolute atomic E-state index is 0.0242. The monoisotopic (exact) mass is 464 g/mol. The average molecular weight is 465 g/mol. The topological polar surface area (TPSA) is 161 Å². The fraction of sp³-hybridized carbons (Fsp3) is 0.261. The second kappa shape index (κ2) is 10.2. The van der Waals surface area contributed by atoms with Crippen molar-refractivity contribution in [1.29, 1.82) is 0 Å². The predicted octanol–water partition coefficient (Wildman–Crippen LogP) is 2.79. The molecule has 2 atom stereocenters. The molecule has 0 spiro atoms. The Bertz CT molecular complexity index is 1190. The Hall–Kier alpha value is -4.12. The van der Waals surface area contributed by atoms with Crippen LogP contribution in [0.5, 0.6) is 0 Å². The molecule has 1 aliphatic carbocycles. The Kier molecular flexibility index (Phi) is 6.93. The number of pyridine rings is 3. The third-order valence-electron chi connectivity index (χ3n) is 5.57. The first kappa shape index (κ1) is 23.1. The summed E-state index contributed by atoms with van der Waals surface area (Å²) < 4.78 is 14.7. The number of nitrogens with one attached hydrogen (secondary N) is 3. The lowest BCUT2D eigenvalue weighted by Gasteiger charge is -2.30. The summed E-state index contributed by atoms with van der Waals surface area (Å²) >= 11 is 0. The summed E-state index contributed by atoms with van der Waals surface area (Å²) in [6.07, 6.45) is 9.60. The molecule has 10 nitrogen and oxygen atoms in total. The molecule has 3 aromatic heterocycles. The van der Waals surface area contributed by atoms with Crippen LogP contribution in [0, 0.1) is 5.82 Å². The second-order valence-corrected chi connectivity index (χ2v) is 8.06. The van der Waals surface area contributed by atoms with Gasteiger partial charge >= 0.3 is 0 Å². The van der Waals surface area contributed by atoms with Gasteiger partial charge in [-0.15, -0.1) is 0 Å². The number of amides is 2. The van der Waals surface area contributed by atoms with E-state index in [1.54, 1.807) is 24.4 Å². The lowest BCUT2D eigenvalue weighted by molar-refractivity contribution is 0.0997. The molecule has 0 saturated heterocycles. The molecule has 11 heteroatoms. The first-order valence-corrected chi connectivity index (χ1v) is 10.9. The quantitative estimate of drug-likeness (QED) is 0.357. The van der Waals surface area contributed by atoms with Crippen LogP contribution < -0.4 is 27.4 Å². The highest BCUT2D eigenvalue weighted by Gasteiger charge is 2.24. The zero-order valence-electron chi connectivity index (χ0n) is 18.3. The molecule has 4 rings (SSSR count). The van der Waals surface area contributed by atoms with E-state index in [9.17, 15) is 14.0 Å². The van der Waals surface area contributed by atoms with Gasteiger partial charge in [0.05, 0.1) is 34.9 Å². The minimum Gasteiger partial charge on any atom is -0.365 e. The van der Waals surface area contributed by atoms with Crippen LogP contribution in [-0.4, -0.2) is 38.8 Å². The van der Waals surface area contributed by atoms with E-state index >= 15 is 0 Å². The van der Waals surface area contributed by atoms with Crippen LogP contribution >= 0.6 is 0 Å². The zero-order chi connectivity index (χ0) is 24.1. The number of anilines is 4. The number of hydrogen-bond donors (Lipinski definition) is 5. The van der Waals surface area contributed by atoms with Crippen molar-refractivity contribution in [3.63, 3.8) is 0 Å². The van der Waals surface area contributed by atoms with Crippen molar-refractivity contribution in [2.24, 2.45) is 11.5 Å². The summed E-state index contributed by atoms with van der Waals surface area (Å²) in [5.41, 5.74) is 12.7. The Balaban J connectivity index is 1.57.